The van der Waals surface area contributed by atoms with E-state index >= 15 is 0 Å². The number of nitrogens with one attached hydrogen (secondary N) is 1. The molecule has 1 fully saturated rings. The first-order valence-electron chi connectivity index (χ1n) is 9.06. The zero-order chi connectivity index (χ0) is 20.3. The average molecular weight is 403 g/mol. The summed E-state index contributed by atoms with van der Waals surface area (Å²) in [7, 11) is 0. The van der Waals surface area contributed by atoms with Gasteiger partial charge in [0.05, 0.1) is 6.54 Å². The predicted molar refractivity (Wildman–Crippen MR) is 104 cm³/mol. The lowest BCUT2D eigenvalue weighted by molar-refractivity contribution is -0.131. The molecule has 1 aliphatic heterocycles. The van der Waals surface area contributed by atoms with E-state index in [0.29, 0.717) is 29.0 Å². The number of carbonyl (C=O) groups excluding carboxylic acids is 3. The Labute approximate surface area is 167 Å². The van der Waals surface area contributed by atoms with E-state index in [1.165, 1.54) is 24.3 Å². The maximum absolute atomic E-state index is 13.4. The summed E-state index contributed by atoms with van der Waals surface area (Å²) in [5.41, 5.74) is -0.430. The molecule has 146 valence electrons. The van der Waals surface area contributed by atoms with E-state index in [4.69, 9.17) is 11.6 Å². The molecule has 0 unspecified atom stereocenters. The normalized spacial score (nSPS) is 19.0. The topological polar surface area (TPSA) is 66.5 Å². The van der Waals surface area contributed by atoms with E-state index in [1.807, 2.05) is 6.92 Å². The van der Waals surface area contributed by atoms with Crippen LogP contribution >= 0.6 is 11.6 Å². The first-order valence-corrected chi connectivity index (χ1v) is 9.44. The maximum atomic E-state index is 13.4. The molecule has 0 aliphatic carbocycles. The van der Waals surface area contributed by atoms with Gasteiger partial charge in [-0.3, -0.25) is 14.5 Å². The number of urea groups is 1. The van der Waals surface area contributed by atoms with Gasteiger partial charge in [-0.05, 0) is 48.4 Å². The molecule has 2 aromatic rings. The van der Waals surface area contributed by atoms with Gasteiger partial charge in [0.2, 0.25) is 0 Å². The number of nitrogens with zero attached hydrogens (tertiary/aromatic N) is 1. The van der Waals surface area contributed by atoms with Crippen molar-refractivity contribution in [3.8, 4) is 0 Å². The van der Waals surface area contributed by atoms with Crippen molar-refractivity contribution in [3.05, 3.63) is 70.5 Å². The van der Waals surface area contributed by atoms with E-state index in [9.17, 15) is 18.8 Å². The summed E-state index contributed by atoms with van der Waals surface area (Å²) < 4.78 is 13.4. The minimum atomic E-state index is -1.29. The number of benzene rings is 2. The van der Waals surface area contributed by atoms with Crippen LogP contribution < -0.4 is 5.32 Å². The standard InChI is InChI=1S/C21H20ClFN2O3/c1-2-3-12-21(15-6-10-17(23)11-7-15)19(27)25(20(28)24-21)13-18(26)14-4-8-16(22)9-5-14/h4-11H,2-3,12-13H2,1H3,(H,24,28)/t21-/m1/s1. The van der Waals surface area contributed by atoms with Gasteiger partial charge in [0, 0.05) is 10.6 Å². The molecular formula is C21H20ClFN2O3. The molecule has 0 bridgehead atoms. The van der Waals surface area contributed by atoms with Crippen molar-refractivity contribution in [2.24, 2.45) is 0 Å². The highest BCUT2D eigenvalue weighted by atomic mass is 35.5. The van der Waals surface area contributed by atoms with E-state index in [2.05, 4.69) is 5.32 Å². The Morgan fingerprint density at radius 3 is 2.36 bits per heavy atom. The molecule has 1 heterocycles. The van der Waals surface area contributed by atoms with Crippen molar-refractivity contribution >= 4 is 29.3 Å². The maximum Gasteiger partial charge on any atom is 0.325 e. The number of hydrogen-bond donors (Lipinski definition) is 1. The monoisotopic (exact) mass is 402 g/mol. The van der Waals surface area contributed by atoms with Crippen LogP contribution in [0.5, 0.6) is 0 Å². The summed E-state index contributed by atoms with van der Waals surface area (Å²) in [6.45, 7) is 1.60. The van der Waals surface area contributed by atoms with E-state index < -0.39 is 23.3 Å². The van der Waals surface area contributed by atoms with Crippen molar-refractivity contribution in [2.45, 2.75) is 31.7 Å². The third-order valence-corrected chi connectivity index (χ3v) is 5.14. The molecule has 3 amide bonds. The molecular weight excluding hydrogens is 383 g/mol. The highest BCUT2D eigenvalue weighted by Crippen LogP contribution is 2.34. The number of hydrogen-bond acceptors (Lipinski definition) is 3. The smallest absolute Gasteiger partial charge is 0.319 e. The van der Waals surface area contributed by atoms with E-state index in [0.717, 1.165) is 11.3 Å². The van der Waals surface area contributed by atoms with Crippen LogP contribution in [-0.2, 0) is 10.3 Å². The summed E-state index contributed by atoms with van der Waals surface area (Å²) in [6.07, 6.45) is 1.86. The largest absolute Gasteiger partial charge is 0.325 e. The third kappa shape index (κ3) is 3.78. The van der Waals surface area contributed by atoms with Gasteiger partial charge in [0.1, 0.15) is 11.4 Å². The lowest BCUT2D eigenvalue weighted by Gasteiger charge is -2.27. The molecule has 0 aromatic heterocycles. The Bertz CT molecular complexity index is 899. The summed E-state index contributed by atoms with van der Waals surface area (Å²) in [6, 6.07) is 11.1. The second kappa shape index (κ2) is 8.10. The lowest BCUT2D eigenvalue weighted by Crippen LogP contribution is -2.44. The fourth-order valence-corrected chi connectivity index (χ4v) is 3.45. The van der Waals surface area contributed by atoms with Crippen LogP contribution in [0.15, 0.2) is 48.5 Å². The van der Waals surface area contributed by atoms with Crippen molar-refractivity contribution in [3.63, 3.8) is 0 Å². The Kier molecular flexibility index (Phi) is 5.79. The predicted octanol–water partition coefficient (Wildman–Crippen LogP) is 4.30. The van der Waals surface area contributed by atoms with Gasteiger partial charge in [-0.15, -0.1) is 0 Å². The third-order valence-electron chi connectivity index (χ3n) is 4.89. The molecule has 1 atom stereocenters. The Hall–Kier alpha value is -2.73. The van der Waals surface area contributed by atoms with Gasteiger partial charge in [-0.2, -0.15) is 0 Å². The van der Waals surface area contributed by atoms with E-state index in [-0.39, 0.29) is 12.3 Å². The Balaban J connectivity index is 1.89. The molecule has 1 saturated heterocycles. The SMILES string of the molecule is CCCC[C@]1(c2ccc(F)cc2)NC(=O)N(CC(=O)c2ccc(Cl)cc2)C1=O. The number of halogens is 2. The number of ketones is 1. The zero-order valence-electron chi connectivity index (χ0n) is 15.4. The second-order valence-electron chi connectivity index (χ2n) is 6.77. The van der Waals surface area contributed by atoms with Crippen LogP contribution in [0.4, 0.5) is 9.18 Å². The van der Waals surface area contributed by atoms with Crippen molar-refractivity contribution in [1.82, 2.24) is 10.2 Å². The highest BCUT2D eigenvalue weighted by Gasteiger charge is 2.52. The van der Waals surface area contributed by atoms with Gasteiger partial charge in [0.25, 0.3) is 5.91 Å². The number of amides is 3. The Morgan fingerprint density at radius 2 is 1.75 bits per heavy atom. The highest BCUT2D eigenvalue weighted by molar-refractivity contribution is 6.30. The number of rotatable bonds is 7. The molecule has 3 rings (SSSR count). The second-order valence-corrected chi connectivity index (χ2v) is 7.20. The van der Waals surface area contributed by atoms with Crippen molar-refractivity contribution in [1.29, 1.82) is 0 Å². The minimum absolute atomic E-state index is 0.359. The first kappa shape index (κ1) is 20.0. The van der Waals surface area contributed by atoms with Gasteiger partial charge in [0.15, 0.2) is 5.78 Å². The molecule has 0 radical (unpaired) electrons. The fraction of sp³-hybridized carbons (Fsp3) is 0.286. The van der Waals surface area contributed by atoms with Crippen molar-refractivity contribution < 1.29 is 18.8 Å². The number of carbonyl (C=O) groups is 3. The quantitative estimate of drug-likeness (QED) is 0.554. The average Bonchev–Trinajstić information content (AvgIpc) is 2.92. The Morgan fingerprint density at radius 1 is 1.11 bits per heavy atom. The molecule has 7 heteroatoms. The zero-order valence-corrected chi connectivity index (χ0v) is 16.1. The number of Topliss-reactive ketones (excluding diaryl/α,β-unsaturated/α-hetero) is 1. The lowest BCUT2D eigenvalue weighted by atomic mass is 9.84. The van der Waals surface area contributed by atoms with Crippen molar-refractivity contribution in [2.75, 3.05) is 6.54 Å². The molecule has 1 N–H and O–H groups in total. The molecule has 2 aromatic carbocycles. The van der Waals surface area contributed by atoms with Gasteiger partial charge >= 0.3 is 6.03 Å². The van der Waals surface area contributed by atoms with Crippen LogP contribution in [0, 0.1) is 5.82 Å². The van der Waals surface area contributed by atoms with Crippen LogP contribution in [0.1, 0.15) is 42.1 Å². The van der Waals surface area contributed by atoms with Gasteiger partial charge in [-0.1, -0.05) is 43.5 Å². The van der Waals surface area contributed by atoms with E-state index in [1.54, 1.807) is 24.3 Å². The number of imide groups is 1. The summed E-state index contributed by atoms with van der Waals surface area (Å²) >= 11 is 5.83. The molecule has 5 nitrogen and oxygen atoms in total. The fourth-order valence-electron chi connectivity index (χ4n) is 3.33. The summed E-state index contributed by atoms with van der Waals surface area (Å²) in [4.78, 5) is 39.3. The molecule has 0 spiro atoms. The minimum Gasteiger partial charge on any atom is -0.319 e. The molecule has 1 aliphatic rings. The van der Waals surface area contributed by atoms with Crippen LogP contribution in [0.25, 0.3) is 0 Å². The number of unbranched alkanes of at least 4 members (excludes halogenated alkanes) is 1. The van der Waals surface area contributed by atoms with Gasteiger partial charge in [-0.25, -0.2) is 9.18 Å². The summed E-state index contributed by atoms with van der Waals surface area (Å²) in [5, 5.41) is 3.23. The molecule has 0 saturated carbocycles. The van der Waals surface area contributed by atoms with Crippen LogP contribution in [0.2, 0.25) is 5.02 Å². The first-order chi connectivity index (χ1) is 13.4. The van der Waals surface area contributed by atoms with Gasteiger partial charge < -0.3 is 5.32 Å². The van der Waals surface area contributed by atoms with Crippen LogP contribution in [0.3, 0.4) is 0 Å². The van der Waals surface area contributed by atoms with Crippen LogP contribution in [-0.4, -0.2) is 29.2 Å². The molecule has 28 heavy (non-hydrogen) atoms. The summed E-state index contributed by atoms with van der Waals surface area (Å²) in [5.74, 6) is -1.30.